The summed E-state index contributed by atoms with van der Waals surface area (Å²) in [5.41, 5.74) is -4.48. The van der Waals surface area contributed by atoms with Crippen molar-refractivity contribution in [1.82, 2.24) is 4.72 Å². The molecular formula is C23H19F3N2O3S2. The first kappa shape index (κ1) is 23.2. The van der Waals surface area contributed by atoms with Gasteiger partial charge in [-0.15, -0.1) is 0 Å². The van der Waals surface area contributed by atoms with Crippen molar-refractivity contribution < 1.29 is 26.3 Å². The number of halogens is 3. The standard InChI is InChI=1S/C23H19F3N2O3S2/c1-31-19-14-12-18(13-15-19)22(17-10-6-3-7-11-17)20(16-8-4-2-5-9-16)32-21(27-22)28-33(29,30)23(24,25)26/h2-15,20H,1H3,(H,27,28). The van der Waals surface area contributed by atoms with Crippen LogP contribution in [0.2, 0.25) is 0 Å². The molecule has 0 fully saturated rings. The van der Waals surface area contributed by atoms with Gasteiger partial charge in [0.1, 0.15) is 11.3 Å². The number of nitrogens with zero attached hydrogens (tertiary/aromatic N) is 1. The molecule has 172 valence electrons. The molecule has 0 saturated carbocycles. The van der Waals surface area contributed by atoms with E-state index in [4.69, 9.17) is 4.74 Å². The zero-order valence-corrected chi connectivity index (χ0v) is 18.9. The minimum Gasteiger partial charge on any atom is -0.497 e. The highest BCUT2D eigenvalue weighted by molar-refractivity contribution is 8.15. The van der Waals surface area contributed by atoms with Gasteiger partial charge in [-0.2, -0.15) is 21.6 Å². The molecule has 0 spiro atoms. The fourth-order valence-corrected chi connectivity index (χ4v) is 5.86. The van der Waals surface area contributed by atoms with E-state index in [-0.39, 0.29) is 5.17 Å². The molecule has 5 nitrogen and oxygen atoms in total. The summed E-state index contributed by atoms with van der Waals surface area (Å²) in [4.78, 5) is 4.62. The van der Waals surface area contributed by atoms with Crippen LogP contribution in [0.1, 0.15) is 21.9 Å². The van der Waals surface area contributed by atoms with Crippen molar-refractivity contribution in [3.05, 3.63) is 102 Å². The van der Waals surface area contributed by atoms with Crippen LogP contribution >= 0.6 is 11.8 Å². The van der Waals surface area contributed by atoms with Gasteiger partial charge in [0, 0.05) is 0 Å². The summed E-state index contributed by atoms with van der Waals surface area (Å²) in [6.45, 7) is 0. The number of benzene rings is 3. The molecule has 2 unspecified atom stereocenters. The van der Waals surface area contributed by atoms with Gasteiger partial charge in [0.25, 0.3) is 0 Å². The lowest BCUT2D eigenvalue weighted by atomic mass is 9.78. The highest BCUT2D eigenvalue weighted by Gasteiger charge is 2.52. The van der Waals surface area contributed by atoms with Crippen LogP contribution in [0.25, 0.3) is 0 Å². The van der Waals surface area contributed by atoms with Crippen molar-refractivity contribution in [2.45, 2.75) is 16.3 Å². The van der Waals surface area contributed by atoms with Crippen LogP contribution in [-0.2, 0) is 15.6 Å². The molecule has 0 radical (unpaired) electrons. The van der Waals surface area contributed by atoms with Gasteiger partial charge in [0.15, 0.2) is 5.17 Å². The van der Waals surface area contributed by atoms with Gasteiger partial charge >= 0.3 is 15.5 Å². The quantitative estimate of drug-likeness (QED) is 0.530. The second-order valence-electron chi connectivity index (χ2n) is 7.24. The predicted molar refractivity (Wildman–Crippen MR) is 123 cm³/mol. The third-order valence-electron chi connectivity index (χ3n) is 5.26. The van der Waals surface area contributed by atoms with E-state index in [2.05, 4.69) is 4.99 Å². The molecule has 0 bridgehead atoms. The van der Waals surface area contributed by atoms with Gasteiger partial charge in [0.2, 0.25) is 0 Å². The van der Waals surface area contributed by atoms with Crippen molar-refractivity contribution in [2.24, 2.45) is 4.99 Å². The molecule has 0 aliphatic carbocycles. The number of hydrogen-bond acceptors (Lipinski definition) is 5. The second-order valence-corrected chi connectivity index (χ2v) is 10.0. The molecule has 1 N–H and O–H groups in total. The van der Waals surface area contributed by atoms with Crippen molar-refractivity contribution in [3.8, 4) is 5.75 Å². The number of thioether (sulfide) groups is 1. The Morgan fingerprint density at radius 2 is 1.45 bits per heavy atom. The average molecular weight is 493 g/mol. The number of alkyl halides is 3. The first-order valence-electron chi connectivity index (χ1n) is 9.78. The van der Waals surface area contributed by atoms with Gasteiger partial charge in [-0.1, -0.05) is 84.6 Å². The molecule has 1 heterocycles. The Morgan fingerprint density at radius 1 is 0.909 bits per heavy atom. The molecule has 33 heavy (non-hydrogen) atoms. The molecule has 1 aliphatic heterocycles. The van der Waals surface area contributed by atoms with Gasteiger partial charge in [0.05, 0.1) is 12.4 Å². The Kier molecular flexibility index (Phi) is 6.15. The highest BCUT2D eigenvalue weighted by Crippen LogP contribution is 2.56. The van der Waals surface area contributed by atoms with E-state index in [0.29, 0.717) is 16.9 Å². The summed E-state index contributed by atoms with van der Waals surface area (Å²) in [7, 11) is -4.10. The van der Waals surface area contributed by atoms with E-state index < -0.39 is 26.3 Å². The highest BCUT2D eigenvalue weighted by atomic mass is 32.2. The average Bonchev–Trinajstić information content (AvgIpc) is 3.19. The third-order valence-corrected chi connectivity index (χ3v) is 7.73. The van der Waals surface area contributed by atoms with Crippen LogP contribution in [0.3, 0.4) is 0 Å². The minimum atomic E-state index is -5.63. The number of amidine groups is 1. The molecule has 3 aromatic rings. The molecule has 0 saturated heterocycles. The Balaban J connectivity index is 1.95. The lowest BCUT2D eigenvalue weighted by Gasteiger charge is -2.34. The smallest absolute Gasteiger partial charge is 0.497 e. The minimum absolute atomic E-state index is 0.333. The molecule has 10 heteroatoms. The van der Waals surface area contributed by atoms with Crippen molar-refractivity contribution in [1.29, 1.82) is 0 Å². The van der Waals surface area contributed by atoms with Crippen LogP contribution in [-0.4, -0.2) is 26.2 Å². The zero-order valence-electron chi connectivity index (χ0n) is 17.3. The largest absolute Gasteiger partial charge is 0.516 e. The number of rotatable bonds is 5. The molecule has 1 aliphatic rings. The topological polar surface area (TPSA) is 67.8 Å². The van der Waals surface area contributed by atoms with Crippen LogP contribution in [0.15, 0.2) is 89.9 Å². The van der Waals surface area contributed by atoms with Crippen LogP contribution in [0.4, 0.5) is 13.2 Å². The van der Waals surface area contributed by atoms with Gasteiger partial charge in [-0.3, -0.25) is 4.72 Å². The molecule has 0 aromatic heterocycles. The van der Waals surface area contributed by atoms with Crippen molar-refractivity contribution in [2.75, 3.05) is 7.11 Å². The molecule has 2 atom stereocenters. The van der Waals surface area contributed by atoms with Crippen LogP contribution in [0, 0.1) is 0 Å². The van der Waals surface area contributed by atoms with E-state index in [9.17, 15) is 21.6 Å². The number of hydrogen-bond donors (Lipinski definition) is 1. The monoisotopic (exact) mass is 492 g/mol. The Labute approximate surface area is 193 Å². The predicted octanol–water partition coefficient (Wildman–Crippen LogP) is 5.22. The van der Waals surface area contributed by atoms with E-state index >= 15 is 0 Å². The van der Waals surface area contributed by atoms with Crippen LogP contribution in [0.5, 0.6) is 5.75 Å². The maximum absolute atomic E-state index is 13.1. The summed E-state index contributed by atoms with van der Waals surface area (Å²) < 4.78 is 69.9. The Hall–Kier alpha value is -2.98. The molecule has 3 aromatic carbocycles. The van der Waals surface area contributed by atoms with E-state index in [1.54, 1.807) is 41.1 Å². The second kappa shape index (κ2) is 8.75. The van der Waals surface area contributed by atoms with Crippen molar-refractivity contribution >= 4 is 27.0 Å². The Morgan fingerprint density at radius 3 is 2.00 bits per heavy atom. The lowest BCUT2D eigenvalue weighted by molar-refractivity contribution is -0.0442. The van der Waals surface area contributed by atoms with Gasteiger partial charge < -0.3 is 4.74 Å². The van der Waals surface area contributed by atoms with Crippen molar-refractivity contribution in [3.63, 3.8) is 0 Å². The number of ether oxygens (including phenoxy) is 1. The molecular weight excluding hydrogens is 473 g/mol. The first-order valence-corrected chi connectivity index (χ1v) is 12.1. The fraction of sp³-hybridized carbons (Fsp3) is 0.174. The van der Waals surface area contributed by atoms with Crippen LogP contribution < -0.4 is 9.46 Å². The van der Waals surface area contributed by atoms with E-state index in [0.717, 1.165) is 17.3 Å². The van der Waals surface area contributed by atoms with E-state index in [1.165, 1.54) is 7.11 Å². The number of methoxy groups -OCH3 is 1. The number of nitrogens with one attached hydrogen (secondary N) is 1. The summed E-state index contributed by atoms with van der Waals surface area (Å²) in [6, 6.07) is 25.3. The Bertz CT molecular complexity index is 1250. The zero-order chi connectivity index (χ0) is 23.7. The number of aliphatic imine (C=N–C) groups is 1. The maximum Gasteiger partial charge on any atom is 0.516 e. The van der Waals surface area contributed by atoms with E-state index in [1.807, 2.05) is 48.5 Å². The third kappa shape index (κ3) is 4.32. The SMILES string of the molecule is COc1ccc(C2(c3ccccc3)N=C(NS(=O)(=O)C(F)(F)F)SC2c2ccccc2)cc1. The molecule has 0 amide bonds. The first-order chi connectivity index (χ1) is 15.7. The summed E-state index contributed by atoms with van der Waals surface area (Å²) in [6.07, 6.45) is 0. The lowest BCUT2D eigenvalue weighted by Crippen LogP contribution is -2.38. The summed E-state index contributed by atoms with van der Waals surface area (Å²) in [5.74, 6) is 0.603. The normalized spacial score (nSPS) is 20.8. The maximum atomic E-state index is 13.1. The molecule has 4 rings (SSSR count). The summed E-state index contributed by atoms with van der Waals surface area (Å²) >= 11 is 0.942. The fourth-order valence-electron chi connectivity index (χ4n) is 3.73. The summed E-state index contributed by atoms with van der Waals surface area (Å²) in [5, 5.41) is -0.874. The number of sulfonamides is 1. The van der Waals surface area contributed by atoms with Gasteiger partial charge in [-0.05, 0) is 28.8 Å². The van der Waals surface area contributed by atoms with Gasteiger partial charge in [-0.25, -0.2) is 4.99 Å².